The smallest absolute Gasteiger partial charge is 0.259 e. The van der Waals surface area contributed by atoms with Gasteiger partial charge in [0.2, 0.25) is 0 Å². The lowest BCUT2D eigenvalue weighted by Crippen LogP contribution is -2.14. The molecule has 1 aromatic heterocycles. The van der Waals surface area contributed by atoms with Gasteiger partial charge in [0, 0.05) is 22.5 Å². The van der Waals surface area contributed by atoms with Gasteiger partial charge >= 0.3 is 0 Å². The molecule has 0 aliphatic carbocycles. The topological polar surface area (TPSA) is 54.9 Å². The lowest BCUT2D eigenvalue weighted by Gasteiger charge is -2.09. The molecule has 0 bridgehead atoms. The lowest BCUT2D eigenvalue weighted by molar-refractivity contribution is 0.102. The van der Waals surface area contributed by atoms with Crippen molar-refractivity contribution in [3.63, 3.8) is 0 Å². The van der Waals surface area contributed by atoms with Gasteiger partial charge in [0.25, 0.3) is 5.91 Å². The minimum absolute atomic E-state index is 0.262. The molecular weight excluding hydrogens is 298 g/mol. The number of rotatable bonds is 3. The summed E-state index contributed by atoms with van der Waals surface area (Å²) in [7, 11) is 0. The van der Waals surface area contributed by atoms with Crippen molar-refractivity contribution in [2.45, 2.75) is 0 Å². The van der Waals surface area contributed by atoms with Crippen molar-refractivity contribution in [1.82, 2.24) is 9.97 Å². The molecule has 0 fully saturated rings. The average Bonchev–Trinajstić information content (AvgIpc) is 2.58. The highest BCUT2D eigenvalue weighted by molar-refractivity contribution is 6.30. The SMILES string of the molecule is O=C(Nc1ccc(Cl)cc1)c1cncnc1-c1ccccc1. The number of nitrogens with zero attached hydrogens (tertiary/aromatic N) is 2. The summed E-state index contributed by atoms with van der Waals surface area (Å²) < 4.78 is 0. The quantitative estimate of drug-likeness (QED) is 0.794. The molecule has 22 heavy (non-hydrogen) atoms. The summed E-state index contributed by atoms with van der Waals surface area (Å²) in [5, 5.41) is 3.43. The molecule has 0 atom stereocenters. The molecule has 108 valence electrons. The van der Waals surface area contributed by atoms with E-state index in [-0.39, 0.29) is 5.91 Å². The minimum atomic E-state index is -0.262. The third-order valence-corrected chi connectivity index (χ3v) is 3.36. The molecule has 4 nitrogen and oxygen atoms in total. The Morgan fingerprint density at radius 1 is 1.00 bits per heavy atom. The van der Waals surface area contributed by atoms with E-state index in [1.807, 2.05) is 30.3 Å². The van der Waals surface area contributed by atoms with Crippen molar-refractivity contribution in [2.75, 3.05) is 5.32 Å². The Balaban J connectivity index is 1.91. The zero-order valence-electron chi connectivity index (χ0n) is 11.5. The van der Waals surface area contributed by atoms with E-state index < -0.39 is 0 Å². The van der Waals surface area contributed by atoms with Crippen LogP contribution in [0.1, 0.15) is 10.4 Å². The molecule has 0 spiro atoms. The van der Waals surface area contributed by atoms with Crippen molar-refractivity contribution in [3.05, 3.63) is 77.7 Å². The first-order chi connectivity index (χ1) is 10.7. The lowest BCUT2D eigenvalue weighted by atomic mass is 10.1. The van der Waals surface area contributed by atoms with E-state index >= 15 is 0 Å². The van der Waals surface area contributed by atoms with Crippen LogP contribution in [0.2, 0.25) is 5.02 Å². The Hall–Kier alpha value is -2.72. The third kappa shape index (κ3) is 3.13. The normalized spacial score (nSPS) is 10.2. The number of anilines is 1. The predicted molar refractivity (Wildman–Crippen MR) is 86.9 cm³/mol. The van der Waals surface area contributed by atoms with E-state index in [2.05, 4.69) is 15.3 Å². The number of aromatic nitrogens is 2. The number of amides is 1. The summed E-state index contributed by atoms with van der Waals surface area (Å²) >= 11 is 5.84. The van der Waals surface area contributed by atoms with Crippen LogP contribution in [0.25, 0.3) is 11.3 Å². The summed E-state index contributed by atoms with van der Waals surface area (Å²) in [6.45, 7) is 0. The number of benzene rings is 2. The maximum absolute atomic E-state index is 12.5. The second-order valence-electron chi connectivity index (χ2n) is 4.61. The molecule has 1 N–H and O–H groups in total. The van der Waals surface area contributed by atoms with Gasteiger partial charge in [0.1, 0.15) is 6.33 Å². The van der Waals surface area contributed by atoms with Gasteiger partial charge in [-0.05, 0) is 24.3 Å². The van der Waals surface area contributed by atoms with Gasteiger partial charge in [-0.25, -0.2) is 9.97 Å². The van der Waals surface area contributed by atoms with Gasteiger partial charge in [0.05, 0.1) is 11.3 Å². The Bertz CT molecular complexity index is 789. The van der Waals surface area contributed by atoms with Crippen molar-refractivity contribution in [3.8, 4) is 11.3 Å². The zero-order valence-corrected chi connectivity index (χ0v) is 12.3. The molecule has 0 saturated heterocycles. The maximum Gasteiger partial charge on any atom is 0.259 e. The Morgan fingerprint density at radius 2 is 1.73 bits per heavy atom. The largest absolute Gasteiger partial charge is 0.322 e. The van der Waals surface area contributed by atoms with E-state index in [1.165, 1.54) is 12.5 Å². The molecule has 5 heteroatoms. The first-order valence-corrected chi connectivity index (χ1v) is 7.04. The number of nitrogens with one attached hydrogen (secondary N) is 1. The number of carbonyl (C=O) groups is 1. The Labute approximate surface area is 132 Å². The van der Waals surface area contributed by atoms with Crippen LogP contribution in [0.3, 0.4) is 0 Å². The summed E-state index contributed by atoms with van der Waals surface area (Å²) in [5.41, 5.74) is 2.55. The van der Waals surface area contributed by atoms with Crippen molar-refractivity contribution < 1.29 is 4.79 Å². The maximum atomic E-state index is 12.5. The molecule has 0 aliphatic rings. The third-order valence-electron chi connectivity index (χ3n) is 3.11. The fourth-order valence-electron chi connectivity index (χ4n) is 2.05. The van der Waals surface area contributed by atoms with Crippen molar-refractivity contribution in [1.29, 1.82) is 0 Å². The molecule has 3 rings (SSSR count). The molecule has 2 aromatic carbocycles. The van der Waals surface area contributed by atoms with Gasteiger partial charge in [-0.2, -0.15) is 0 Å². The molecule has 3 aromatic rings. The number of halogens is 1. The Morgan fingerprint density at radius 3 is 2.45 bits per heavy atom. The van der Waals surface area contributed by atoms with Gasteiger partial charge in [0.15, 0.2) is 0 Å². The van der Waals surface area contributed by atoms with E-state index in [9.17, 15) is 4.79 Å². The first kappa shape index (κ1) is 14.2. The summed E-state index contributed by atoms with van der Waals surface area (Å²) in [6, 6.07) is 16.4. The van der Waals surface area contributed by atoms with Gasteiger partial charge in [-0.3, -0.25) is 4.79 Å². The Kier molecular flexibility index (Phi) is 4.12. The van der Waals surface area contributed by atoms with Crippen molar-refractivity contribution >= 4 is 23.2 Å². The molecule has 0 aliphatic heterocycles. The monoisotopic (exact) mass is 309 g/mol. The summed E-state index contributed by atoms with van der Waals surface area (Å²) in [5.74, 6) is -0.262. The van der Waals surface area contributed by atoms with Gasteiger partial charge < -0.3 is 5.32 Å². The first-order valence-electron chi connectivity index (χ1n) is 6.66. The average molecular weight is 310 g/mol. The van der Waals surface area contributed by atoms with E-state index in [1.54, 1.807) is 24.3 Å². The van der Waals surface area contributed by atoms with Crippen LogP contribution in [0, 0.1) is 0 Å². The number of hydrogen-bond donors (Lipinski definition) is 1. The van der Waals surface area contributed by atoms with Crippen molar-refractivity contribution in [2.24, 2.45) is 0 Å². The van der Waals surface area contributed by atoms with Crippen LogP contribution in [0.5, 0.6) is 0 Å². The highest BCUT2D eigenvalue weighted by Crippen LogP contribution is 2.21. The molecule has 0 saturated carbocycles. The van der Waals surface area contributed by atoms with Crippen LogP contribution in [0.15, 0.2) is 67.1 Å². The number of carbonyl (C=O) groups excluding carboxylic acids is 1. The van der Waals surface area contributed by atoms with Crippen LogP contribution >= 0.6 is 11.6 Å². The second kappa shape index (κ2) is 6.37. The second-order valence-corrected chi connectivity index (χ2v) is 5.05. The van der Waals surface area contributed by atoms with E-state index in [4.69, 9.17) is 11.6 Å². The predicted octanol–water partition coefficient (Wildman–Crippen LogP) is 4.05. The molecule has 0 unspecified atom stereocenters. The molecule has 0 radical (unpaired) electrons. The molecule has 1 heterocycles. The van der Waals surface area contributed by atoms with Crippen LogP contribution in [-0.2, 0) is 0 Å². The van der Waals surface area contributed by atoms with E-state index in [0.717, 1.165) is 5.56 Å². The van der Waals surface area contributed by atoms with E-state index in [0.29, 0.717) is 22.0 Å². The van der Waals surface area contributed by atoms with Crippen LogP contribution in [0.4, 0.5) is 5.69 Å². The fraction of sp³-hybridized carbons (Fsp3) is 0. The minimum Gasteiger partial charge on any atom is -0.322 e. The standard InChI is InChI=1S/C17H12ClN3O/c18-13-6-8-14(9-7-13)21-17(22)15-10-19-11-20-16(15)12-4-2-1-3-5-12/h1-11H,(H,21,22). The molecular formula is C17H12ClN3O. The van der Waals surface area contributed by atoms with Gasteiger partial charge in [-0.15, -0.1) is 0 Å². The van der Waals surface area contributed by atoms with Crippen LogP contribution < -0.4 is 5.32 Å². The highest BCUT2D eigenvalue weighted by atomic mass is 35.5. The van der Waals surface area contributed by atoms with Crippen LogP contribution in [-0.4, -0.2) is 15.9 Å². The molecule has 1 amide bonds. The number of hydrogen-bond acceptors (Lipinski definition) is 3. The fourth-order valence-corrected chi connectivity index (χ4v) is 2.18. The van der Waals surface area contributed by atoms with Gasteiger partial charge in [-0.1, -0.05) is 41.9 Å². The summed E-state index contributed by atoms with van der Waals surface area (Å²) in [4.78, 5) is 20.7. The summed E-state index contributed by atoms with van der Waals surface area (Å²) in [6.07, 6.45) is 2.95. The highest BCUT2D eigenvalue weighted by Gasteiger charge is 2.14. The zero-order chi connectivity index (χ0) is 15.4.